The third-order valence-electron chi connectivity index (χ3n) is 3.77. The molecular weight excluding hydrogens is 186 g/mol. The maximum atomic E-state index is 9.75. The molecule has 3 rings (SSSR count). The monoisotopic (exact) mass is 203 g/mol. The standard InChI is InChI=1S/C13H17NO/c15-11-6-8-14-7-5-10-3-1-2-4-12(10)13(14)9-11/h1-4,11,13,15H,5-9H2/t11?,13-/m0/s1. The predicted molar refractivity (Wildman–Crippen MR) is 59.7 cm³/mol. The Hall–Kier alpha value is -0.860. The number of benzene rings is 1. The predicted octanol–water partition coefficient (Wildman–Crippen LogP) is 1.74. The number of aliphatic hydroxyl groups is 1. The van der Waals surface area contributed by atoms with Crippen LogP contribution in [0.3, 0.4) is 0 Å². The Labute approximate surface area is 90.5 Å². The van der Waals surface area contributed by atoms with E-state index in [0.717, 1.165) is 25.9 Å². The third-order valence-corrected chi connectivity index (χ3v) is 3.77. The number of piperidine rings is 1. The average molecular weight is 203 g/mol. The van der Waals surface area contributed by atoms with Gasteiger partial charge in [-0.1, -0.05) is 24.3 Å². The smallest absolute Gasteiger partial charge is 0.0570 e. The molecular formula is C13H17NO. The Balaban J connectivity index is 1.96. The van der Waals surface area contributed by atoms with E-state index in [-0.39, 0.29) is 6.10 Å². The van der Waals surface area contributed by atoms with E-state index in [1.54, 1.807) is 0 Å². The summed E-state index contributed by atoms with van der Waals surface area (Å²) in [5, 5.41) is 9.75. The summed E-state index contributed by atoms with van der Waals surface area (Å²) in [4.78, 5) is 2.52. The molecule has 0 spiro atoms. The van der Waals surface area contributed by atoms with Crippen LogP contribution in [-0.4, -0.2) is 29.2 Å². The number of rotatable bonds is 0. The van der Waals surface area contributed by atoms with Crippen molar-refractivity contribution in [2.24, 2.45) is 0 Å². The minimum absolute atomic E-state index is 0.0996. The van der Waals surface area contributed by atoms with Crippen LogP contribution in [0.1, 0.15) is 30.0 Å². The molecule has 0 saturated carbocycles. The van der Waals surface area contributed by atoms with Crippen LogP contribution < -0.4 is 0 Å². The summed E-state index contributed by atoms with van der Waals surface area (Å²) in [6.45, 7) is 2.22. The lowest BCUT2D eigenvalue weighted by Gasteiger charge is -2.42. The first-order valence-electron chi connectivity index (χ1n) is 5.84. The summed E-state index contributed by atoms with van der Waals surface area (Å²) in [6, 6.07) is 9.16. The van der Waals surface area contributed by atoms with Crippen LogP contribution in [0.5, 0.6) is 0 Å². The lowest BCUT2D eigenvalue weighted by Crippen LogP contribution is -2.42. The lowest BCUT2D eigenvalue weighted by molar-refractivity contribution is 0.0361. The summed E-state index contributed by atoms with van der Waals surface area (Å²) in [7, 11) is 0. The van der Waals surface area contributed by atoms with Crippen molar-refractivity contribution in [1.82, 2.24) is 4.90 Å². The van der Waals surface area contributed by atoms with Gasteiger partial charge >= 0.3 is 0 Å². The van der Waals surface area contributed by atoms with Crippen LogP contribution in [0.15, 0.2) is 24.3 Å². The number of aliphatic hydroxyl groups excluding tert-OH is 1. The molecule has 15 heavy (non-hydrogen) atoms. The first-order chi connectivity index (χ1) is 7.34. The molecule has 2 heterocycles. The normalized spacial score (nSPS) is 30.7. The van der Waals surface area contributed by atoms with Crippen LogP contribution in [-0.2, 0) is 6.42 Å². The minimum Gasteiger partial charge on any atom is -0.393 e. The zero-order chi connectivity index (χ0) is 10.3. The second-order valence-electron chi connectivity index (χ2n) is 4.68. The van der Waals surface area contributed by atoms with Gasteiger partial charge in [0.15, 0.2) is 0 Å². The molecule has 2 aliphatic heterocycles. The first-order valence-corrected chi connectivity index (χ1v) is 5.84. The molecule has 2 heteroatoms. The topological polar surface area (TPSA) is 23.5 Å². The Morgan fingerprint density at radius 1 is 1.20 bits per heavy atom. The molecule has 1 N–H and O–H groups in total. The van der Waals surface area contributed by atoms with E-state index >= 15 is 0 Å². The van der Waals surface area contributed by atoms with Crippen LogP contribution in [0.25, 0.3) is 0 Å². The van der Waals surface area contributed by atoms with Crippen molar-refractivity contribution in [3.63, 3.8) is 0 Å². The number of hydrogen-bond donors (Lipinski definition) is 1. The van der Waals surface area contributed by atoms with E-state index in [1.165, 1.54) is 17.5 Å². The van der Waals surface area contributed by atoms with Gasteiger partial charge in [0.1, 0.15) is 0 Å². The molecule has 0 amide bonds. The second-order valence-corrected chi connectivity index (χ2v) is 4.68. The van der Waals surface area contributed by atoms with Gasteiger partial charge in [-0.3, -0.25) is 4.90 Å². The van der Waals surface area contributed by atoms with E-state index in [2.05, 4.69) is 29.2 Å². The van der Waals surface area contributed by atoms with Crippen molar-refractivity contribution in [3.05, 3.63) is 35.4 Å². The van der Waals surface area contributed by atoms with Gasteiger partial charge < -0.3 is 5.11 Å². The maximum Gasteiger partial charge on any atom is 0.0570 e. The summed E-state index contributed by atoms with van der Waals surface area (Å²) < 4.78 is 0. The molecule has 2 atom stereocenters. The van der Waals surface area contributed by atoms with Gasteiger partial charge in [0.05, 0.1) is 6.10 Å². The fourth-order valence-corrected chi connectivity index (χ4v) is 2.94. The molecule has 0 aliphatic carbocycles. The Bertz CT molecular complexity index is 363. The SMILES string of the molecule is OC1CCN2CCc3ccccc3[C@@H]2C1. The summed E-state index contributed by atoms with van der Waals surface area (Å²) in [6.07, 6.45) is 2.93. The van der Waals surface area contributed by atoms with Gasteiger partial charge in [-0.25, -0.2) is 0 Å². The van der Waals surface area contributed by atoms with E-state index in [4.69, 9.17) is 0 Å². The highest BCUT2D eigenvalue weighted by atomic mass is 16.3. The number of fused-ring (bicyclic) bond motifs is 3. The van der Waals surface area contributed by atoms with E-state index in [0.29, 0.717) is 6.04 Å². The molecule has 0 bridgehead atoms. The van der Waals surface area contributed by atoms with Gasteiger partial charge in [-0.2, -0.15) is 0 Å². The molecule has 1 aromatic rings. The molecule has 2 nitrogen and oxygen atoms in total. The van der Waals surface area contributed by atoms with Gasteiger partial charge in [0, 0.05) is 19.1 Å². The van der Waals surface area contributed by atoms with Crippen LogP contribution in [0.4, 0.5) is 0 Å². The quantitative estimate of drug-likeness (QED) is 0.694. The maximum absolute atomic E-state index is 9.75. The molecule has 1 fully saturated rings. The summed E-state index contributed by atoms with van der Waals surface area (Å²) in [5.74, 6) is 0. The fourth-order valence-electron chi connectivity index (χ4n) is 2.94. The molecule has 0 aromatic heterocycles. The van der Waals surface area contributed by atoms with Crippen LogP contribution in [0, 0.1) is 0 Å². The summed E-state index contributed by atoms with van der Waals surface area (Å²) >= 11 is 0. The average Bonchev–Trinajstić information content (AvgIpc) is 2.29. The van der Waals surface area contributed by atoms with Crippen LogP contribution in [0.2, 0.25) is 0 Å². The molecule has 1 aromatic carbocycles. The van der Waals surface area contributed by atoms with Crippen molar-refractivity contribution in [2.45, 2.75) is 31.4 Å². The van der Waals surface area contributed by atoms with Crippen LogP contribution >= 0.6 is 0 Å². The van der Waals surface area contributed by atoms with Gasteiger partial charge in [0.25, 0.3) is 0 Å². The van der Waals surface area contributed by atoms with Crippen molar-refractivity contribution in [2.75, 3.05) is 13.1 Å². The highest BCUT2D eigenvalue weighted by Gasteiger charge is 2.32. The van der Waals surface area contributed by atoms with Gasteiger partial charge in [0.2, 0.25) is 0 Å². The first kappa shape index (κ1) is 9.37. The fraction of sp³-hybridized carbons (Fsp3) is 0.538. The van der Waals surface area contributed by atoms with E-state index in [9.17, 15) is 5.11 Å². The zero-order valence-corrected chi connectivity index (χ0v) is 8.89. The van der Waals surface area contributed by atoms with Gasteiger partial charge in [-0.15, -0.1) is 0 Å². The number of nitrogens with zero attached hydrogens (tertiary/aromatic N) is 1. The van der Waals surface area contributed by atoms with Crippen molar-refractivity contribution in [3.8, 4) is 0 Å². The van der Waals surface area contributed by atoms with Crippen molar-refractivity contribution in [1.29, 1.82) is 0 Å². The minimum atomic E-state index is -0.0996. The Morgan fingerprint density at radius 2 is 2.07 bits per heavy atom. The highest BCUT2D eigenvalue weighted by Crippen LogP contribution is 2.36. The molecule has 1 saturated heterocycles. The molecule has 1 unspecified atom stereocenters. The molecule has 2 aliphatic rings. The highest BCUT2D eigenvalue weighted by molar-refractivity contribution is 5.33. The second kappa shape index (κ2) is 3.62. The van der Waals surface area contributed by atoms with E-state index in [1.807, 2.05) is 0 Å². The van der Waals surface area contributed by atoms with Crippen molar-refractivity contribution >= 4 is 0 Å². The zero-order valence-electron chi connectivity index (χ0n) is 8.89. The number of hydrogen-bond acceptors (Lipinski definition) is 2. The molecule has 0 radical (unpaired) electrons. The largest absolute Gasteiger partial charge is 0.393 e. The Morgan fingerprint density at radius 3 is 3.00 bits per heavy atom. The Kier molecular flexibility index (Phi) is 2.26. The lowest BCUT2D eigenvalue weighted by atomic mass is 9.86. The molecule has 80 valence electrons. The van der Waals surface area contributed by atoms with Crippen molar-refractivity contribution < 1.29 is 5.11 Å². The van der Waals surface area contributed by atoms with E-state index < -0.39 is 0 Å². The third kappa shape index (κ3) is 1.58. The summed E-state index contributed by atoms with van der Waals surface area (Å²) in [5.41, 5.74) is 2.93. The van der Waals surface area contributed by atoms with Gasteiger partial charge in [-0.05, 0) is 30.4 Å².